The third-order valence-corrected chi connectivity index (χ3v) is 3.56. The lowest BCUT2D eigenvalue weighted by Crippen LogP contribution is -2.27. The molecule has 94 valence electrons. The molecule has 2 rings (SSSR count). The molecule has 1 saturated heterocycles. The Hall–Kier alpha value is -1.09. The second-order valence-electron chi connectivity index (χ2n) is 5.27. The molecule has 3 nitrogen and oxygen atoms in total. The van der Waals surface area contributed by atoms with Gasteiger partial charge in [0, 0.05) is 37.2 Å². The molecule has 0 radical (unpaired) electrons. The van der Waals surface area contributed by atoms with E-state index in [4.69, 9.17) is 5.73 Å². The number of aromatic nitrogens is 1. The molecule has 1 atom stereocenters. The van der Waals surface area contributed by atoms with E-state index in [0.29, 0.717) is 12.0 Å². The average molecular weight is 233 g/mol. The summed E-state index contributed by atoms with van der Waals surface area (Å²) in [6.07, 6.45) is 7.34. The minimum absolute atomic E-state index is 0.379. The summed E-state index contributed by atoms with van der Waals surface area (Å²) in [5.74, 6) is 0.524. The first-order valence-electron chi connectivity index (χ1n) is 6.63. The van der Waals surface area contributed by atoms with Crippen molar-refractivity contribution in [3.8, 4) is 0 Å². The summed E-state index contributed by atoms with van der Waals surface area (Å²) in [6.45, 7) is 6.65. The number of hydrogen-bond acceptors (Lipinski definition) is 3. The van der Waals surface area contributed by atoms with Crippen LogP contribution in [0.1, 0.15) is 44.6 Å². The van der Waals surface area contributed by atoms with Crippen molar-refractivity contribution in [2.45, 2.75) is 45.1 Å². The number of hydrogen-bond donors (Lipinski definition) is 1. The van der Waals surface area contributed by atoms with Crippen LogP contribution >= 0.6 is 0 Å². The van der Waals surface area contributed by atoms with Crippen molar-refractivity contribution in [2.24, 2.45) is 5.73 Å². The first-order valence-corrected chi connectivity index (χ1v) is 6.63. The van der Waals surface area contributed by atoms with Gasteiger partial charge in [-0.2, -0.15) is 0 Å². The molecule has 2 N–H and O–H groups in total. The third kappa shape index (κ3) is 2.97. The number of nitrogens with zero attached hydrogens (tertiary/aromatic N) is 2. The molecule has 0 aromatic carbocycles. The fourth-order valence-electron chi connectivity index (χ4n) is 2.50. The fourth-order valence-corrected chi connectivity index (χ4v) is 2.50. The van der Waals surface area contributed by atoms with Crippen LogP contribution in [0.5, 0.6) is 0 Å². The van der Waals surface area contributed by atoms with Gasteiger partial charge in [-0.3, -0.25) is 4.98 Å². The summed E-state index contributed by atoms with van der Waals surface area (Å²) in [6, 6.07) is 2.52. The zero-order chi connectivity index (χ0) is 12.3. The van der Waals surface area contributed by atoms with Gasteiger partial charge in [0.25, 0.3) is 0 Å². The van der Waals surface area contributed by atoms with Crippen LogP contribution in [-0.2, 0) is 0 Å². The van der Waals surface area contributed by atoms with Crippen LogP contribution < -0.4 is 10.6 Å². The molecular weight excluding hydrogens is 210 g/mol. The first kappa shape index (κ1) is 12.4. The van der Waals surface area contributed by atoms with Crippen molar-refractivity contribution in [2.75, 3.05) is 18.0 Å². The van der Waals surface area contributed by atoms with E-state index in [2.05, 4.69) is 29.8 Å². The van der Waals surface area contributed by atoms with E-state index in [9.17, 15) is 0 Å². The van der Waals surface area contributed by atoms with Crippen LogP contribution in [0.4, 0.5) is 5.69 Å². The van der Waals surface area contributed by atoms with E-state index in [1.165, 1.54) is 17.7 Å². The number of rotatable bonds is 2. The van der Waals surface area contributed by atoms with Gasteiger partial charge in [-0.05, 0) is 36.8 Å². The Labute approximate surface area is 104 Å². The number of anilines is 1. The Morgan fingerprint density at radius 3 is 2.94 bits per heavy atom. The maximum atomic E-state index is 6.03. The van der Waals surface area contributed by atoms with E-state index in [0.717, 1.165) is 25.9 Å². The highest BCUT2D eigenvalue weighted by molar-refractivity contribution is 5.53. The molecule has 1 fully saturated rings. The lowest BCUT2D eigenvalue weighted by Gasteiger charge is -2.26. The average Bonchev–Trinajstić information content (AvgIpc) is 2.54. The van der Waals surface area contributed by atoms with Gasteiger partial charge in [-0.25, -0.2) is 0 Å². The molecule has 0 amide bonds. The van der Waals surface area contributed by atoms with Crippen LogP contribution in [-0.4, -0.2) is 24.1 Å². The normalized spacial score (nSPS) is 21.6. The minimum Gasteiger partial charge on any atom is -0.371 e. The van der Waals surface area contributed by atoms with Crippen LogP contribution in [0.15, 0.2) is 18.5 Å². The number of nitrogens with two attached hydrogens (primary N) is 1. The molecule has 17 heavy (non-hydrogen) atoms. The highest BCUT2D eigenvalue weighted by Crippen LogP contribution is 2.28. The summed E-state index contributed by atoms with van der Waals surface area (Å²) in [5, 5.41) is 0. The zero-order valence-corrected chi connectivity index (χ0v) is 10.9. The van der Waals surface area contributed by atoms with Crippen LogP contribution in [0, 0.1) is 0 Å². The SMILES string of the molecule is CC(C)c1cnccc1N1CCC[C@@H](N)CC1. The molecule has 0 aliphatic carbocycles. The van der Waals surface area contributed by atoms with Gasteiger partial charge in [0.15, 0.2) is 0 Å². The topological polar surface area (TPSA) is 42.2 Å². The Kier molecular flexibility index (Phi) is 4.00. The number of pyridine rings is 1. The summed E-state index contributed by atoms with van der Waals surface area (Å²) in [4.78, 5) is 6.72. The molecule has 3 heteroatoms. The molecule has 0 spiro atoms. The van der Waals surface area contributed by atoms with Crippen LogP contribution in [0.2, 0.25) is 0 Å². The monoisotopic (exact) mass is 233 g/mol. The highest BCUT2D eigenvalue weighted by Gasteiger charge is 2.17. The molecule has 1 aromatic rings. The molecule has 1 aliphatic rings. The van der Waals surface area contributed by atoms with E-state index in [-0.39, 0.29) is 0 Å². The molecule has 0 saturated carbocycles. The predicted molar refractivity (Wildman–Crippen MR) is 72.4 cm³/mol. The van der Waals surface area contributed by atoms with Crippen molar-refractivity contribution in [1.29, 1.82) is 0 Å². The smallest absolute Gasteiger partial charge is 0.0432 e. The van der Waals surface area contributed by atoms with Crippen LogP contribution in [0.25, 0.3) is 0 Å². The zero-order valence-electron chi connectivity index (χ0n) is 10.9. The highest BCUT2D eigenvalue weighted by atomic mass is 15.1. The lowest BCUT2D eigenvalue weighted by atomic mass is 10.0. The van der Waals surface area contributed by atoms with Gasteiger partial charge >= 0.3 is 0 Å². The molecule has 1 aliphatic heterocycles. The molecule has 1 aromatic heterocycles. The summed E-state index contributed by atoms with van der Waals surface area (Å²) < 4.78 is 0. The van der Waals surface area contributed by atoms with Crippen molar-refractivity contribution in [1.82, 2.24) is 4.98 Å². The third-order valence-electron chi connectivity index (χ3n) is 3.56. The van der Waals surface area contributed by atoms with Gasteiger partial charge in [0.2, 0.25) is 0 Å². The molecule has 2 heterocycles. The second kappa shape index (κ2) is 5.50. The van der Waals surface area contributed by atoms with Gasteiger partial charge in [-0.15, -0.1) is 0 Å². The maximum Gasteiger partial charge on any atom is 0.0432 e. The standard InChI is InChI=1S/C14H23N3/c1-11(2)13-10-16-7-5-14(13)17-8-3-4-12(15)6-9-17/h5,7,10-12H,3-4,6,8-9,15H2,1-2H3/t12-/m1/s1. The van der Waals surface area contributed by atoms with Gasteiger partial charge in [-0.1, -0.05) is 13.8 Å². The Balaban J connectivity index is 2.21. The Morgan fingerprint density at radius 1 is 1.35 bits per heavy atom. The largest absolute Gasteiger partial charge is 0.371 e. The van der Waals surface area contributed by atoms with Crippen LogP contribution in [0.3, 0.4) is 0 Å². The van der Waals surface area contributed by atoms with Gasteiger partial charge in [0.05, 0.1) is 0 Å². The van der Waals surface area contributed by atoms with Crippen molar-refractivity contribution in [3.63, 3.8) is 0 Å². The minimum atomic E-state index is 0.379. The maximum absolute atomic E-state index is 6.03. The van der Waals surface area contributed by atoms with Crippen molar-refractivity contribution in [3.05, 3.63) is 24.0 Å². The Morgan fingerprint density at radius 2 is 2.18 bits per heavy atom. The summed E-state index contributed by atoms with van der Waals surface area (Å²) in [5.41, 5.74) is 8.73. The van der Waals surface area contributed by atoms with E-state index < -0.39 is 0 Å². The van der Waals surface area contributed by atoms with Gasteiger partial charge in [0.1, 0.15) is 0 Å². The van der Waals surface area contributed by atoms with E-state index in [1.54, 1.807) is 0 Å². The van der Waals surface area contributed by atoms with Crippen molar-refractivity contribution < 1.29 is 0 Å². The van der Waals surface area contributed by atoms with Crippen molar-refractivity contribution >= 4 is 5.69 Å². The fraction of sp³-hybridized carbons (Fsp3) is 0.643. The Bertz CT molecular complexity index is 362. The first-order chi connectivity index (χ1) is 8.18. The van der Waals surface area contributed by atoms with E-state index in [1.807, 2.05) is 12.4 Å². The molecular formula is C14H23N3. The predicted octanol–water partition coefficient (Wildman–Crippen LogP) is 2.52. The second-order valence-corrected chi connectivity index (χ2v) is 5.27. The lowest BCUT2D eigenvalue weighted by molar-refractivity contribution is 0.601. The molecule has 0 unspecified atom stereocenters. The summed E-state index contributed by atoms with van der Waals surface area (Å²) >= 11 is 0. The summed E-state index contributed by atoms with van der Waals surface area (Å²) in [7, 11) is 0. The van der Waals surface area contributed by atoms with Gasteiger partial charge < -0.3 is 10.6 Å². The van der Waals surface area contributed by atoms with E-state index >= 15 is 0 Å². The molecule has 0 bridgehead atoms. The quantitative estimate of drug-likeness (QED) is 0.853.